The van der Waals surface area contributed by atoms with E-state index in [4.69, 9.17) is 0 Å². The molecule has 1 aromatic rings. The number of nitrogens with zero attached hydrogens (tertiary/aromatic N) is 1. The van der Waals surface area contributed by atoms with Gasteiger partial charge in [0.1, 0.15) is 6.04 Å². The number of amides is 4. The third-order valence-corrected chi connectivity index (χ3v) is 5.24. The van der Waals surface area contributed by atoms with Crippen molar-refractivity contribution in [1.82, 2.24) is 15.5 Å². The topological polar surface area (TPSA) is 95.6 Å². The Labute approximate surface area is 144 Å². The molecule has 0 spiro atoms. The largest absolute Gasteiger partial charge is 0.316 e. The minimum atomic E-state index is -0.909. The summed E-state index contributed by atoms with van der Waals surface area (Å²) in [7, 11) is 0. The van der Waals surface area contributed by atoms with Gasteiger partial charge >= 0.3 is 0 Å². The van der Waals surface area contributed by atoms with Crippen LogP contribution in [0.25, 0.3) is 0 Å². The zero-order chi connectivity index (χ0) is 17.6. The maximum atomic E-state index is 12.9. The van der Waals surface area contributed by atoms with Crippen molar-refractivity contribution in [3.63, 3.8) is 0 Å². The zero-order valence-corrected chi connectivity index (χ0v) is 13.7. The molecule has 130 valence electrons. The Morgan fingerprint density at radius 1 is 1.08 bits per heavy atom. The molecule has 2 fully saturated rings. The number of carbonyl (C=O) groups excluding carboxylic acids is 4. The predicted molar refractivity (Wildman–Crippen MR) is 87.8 cm³/mol. The first-order valence-corrected chi connectivity index (χ1v) is 8.60. The van der Waals surface area contributed by atoms with Crippen molar-refractivity contribution < 1.29 is 19.2 Å². The minimum absolute atomic E-state index is 0.130. The molecule has 0 saturated carbocycles. The molecule has 0 aromatic heterocycles. The molecule has 25 heavy (non-hydrogen) atoms. The first-order valence-electron chi connectivity index (χ1n) is 8.60. The molecule has 2 saturated heterocycles. The first kappa shape index (κ1) is 16.0. The van der Waals surface area contributed by atoms with E-state index in [0.717, 1.165) is 36.4 Å². The number of piperidine rings is 1. The van der Waals surface area contributed by atoms with Gasteiger partial charge in [0.05, 0.1) is 11.1 Å². The van der Waals surface area contributed by atoms with E-state index in [1.54, 1.807) is 12.1 Å². The van der Waals surface area contributed by atoms with Gasteiger partial charge in [-0.15, -0.1) is 0 Å². The van der Waals surface area contributed by atoms with Crippen LogP contribution < -0.4 is 10.6 Å². The number of hydrogen-bond donors (Lipinski definition) is 2. The van der Waals surface area contributed by atoms with E-state index >= 15 is 0 Å². The van der Waals surface area contributed by atoms with Gasteiger partial charge in [-0.25, -0.2) is 0 Å². The summed E-state index contributed by atoms with van der Waals surface area (Å²) >= 11 is 0. The number of hydrogen-bond acceptors (Lipinski definition) is 5. The number of nitrogens with one attached hydrogen (secondary N) is 2. The Hall–Kier alpha value is -2.54. The molecule has 7 nitrogen and oxygen atoms in total. The number of carbonyl (C=O) groups is 4. The molecular formula is C18H19N3O4. The molecule has 1 atom stereocenters. The van der Waals surface area contributed by atoms with Crippen LogP contribution in [0.2, 0.25) is 0 Å². The third-order valence-electron chi connectivity index (χ3n) is 5.24. The van der Waals surface area contributed by atoms with Crippen LogP contribution in [0.4, 0.5) is 0 Å². The molecule has 3 aliphatic heterocycles. The number of fused-ring (bicyclic) bond motifs is 1. The highest BCUT2D eigenvalue weighted by Gasteiger charge is 2.45. The van der Waals surface area contributed by atoms with Gasteiger partial charge in [-0.05, 0) is 49.9 Å². The van der Waals surface area contributed by atoms with Crippen molar-refractivity contribution in [2.75, 3.05) is 13.1 Å². The highest BCUT2D eigenvalue weighted by atomic mass is 16.2. The second-order valence-corrected chi connectivity index (χ2v) is 6.85. The highest BCUT2D eigenvalue weighted by molar-refractivity contribution is 6.24. The predicted octanol–water partition coefficient (Wildman–Crippen LogP) is 0.240. The Kier molecular flexibility index (Phi) is 3.88. The molecule has 1 unspecified atom stereocenters. The fraction of sp³-hybridized carbons (Fsp3) is 0.444. The van der Waals surface area contributed by atoms with Crippen LogP contribution in [-0.4, -0.2) is 47.7 Å². The smallest absolute Gasteiger partial charge is 0.262 e. The van der Waals surface area contributed by atoms with E-state index < -0.39 is 23.8 Å². The molecule has 2 N–H and O–H groups in total. The van der Waals surface area contributed by atoms with Crippen LogP contribution in [-0.2, 0) is 16.0 Å². The number of benzene rings is 1. The van der Waals surface area contributed by atoms with Crippen LogP contribution >= 0.6 is 0 Å². The summed E-state index contributed by atoms with van der Waals surface area (Å²) < 4.78 is 0. The molecule has 1 aromatic carbocycles. The number of rotatable bonds is 4. The van der Waals surface area contributed by atoms with E-state index in [-0.39, 0.29) is 18.7 Å². The Morgan fingerprint density at radius 3 is 2.56 bits per heavy atom. The summed E-state index contributed by atoms with van der Waals surface area (Å²) in [6, 6.07) is 4.39. The van der Waals surface area contributed by atoms with Crippen LogP contribution in [0.5, 0.6) is 0 Å². The number of aryl methyl sites for hydroxylation is 1. The van der Waals surface area contributed by atoms with Gasteiger partial charge in [-0.1, -0.05) is 12.1 Å². The summed E-state index contributed by atoms with van der Waals surface area (Å²) in [6.07, 6.45) is 2.01. The van der Waals surface area contributed by atoms with Crippen molar-refractivity contribution in [3.05, 3.63) is 34.9 Å². The molecule has 4 amide bonds. The summed E-state index contributed by atoms with van der Waals surface area (Å²) in [5.41, 5.74) is 1.64. The first-order chi connectivity index (χ1) is 12.1. The summed E-state index contributed by atoms with van der Waals surface area (Å²) in [5.74, 6) is -1.20. The van der Waals surface area contributed by atoms with E-state index in [1.165, 1.54) is 0 Å². The normalized spacial score (nSPS) is 23.5. The van der Waals surface area contributed by atoms with Gasteiger partial charge in [-0.2, -0.15) is 0 Å². The molecule has 4 rings (SSSR count). The van der Waals surface area contributed by atoms with Crippen LogP contribution in [0.3, 0.4) is 0 Å². The van der Waals surface area contributed by atoms with E-state index in [0.29, 0.717) is 17.0 Å². The lowest BCUT2D eigenvalue weighted by molar-refractivity contribution is -0.136. The lowest BCUT2D eigenvalue weighted by atomic mass is 9.92. The van der Waals surface area contributed by atoms with Gasteiger partial charge < -0.3 is 5.32 Å². The molecule has 3 aliphatic rings. The van der Waals surface area contributed by atoms with Gasteiger partial charge in [0.25, 0.3) is 11.8 Å². The molecular weight excluding hydrogens is 322 g/mol. The Balaban J connectivity index is 1.60. The standard InChI is InChI=1S/C18H19N3O4/c22-14-7-6-13(16(23)20-14)21-17(24)12-3-1-2-11(15(12)18(21)25)5-4-10-8-19-9-10/h1-3,10,13,19H,4-9H2,(H,20,22,23). The monoisotopic (exact) mass is 341 g/mol. The van der Waals surface area contributed by atoms with E-state index in [1.807, 2.05) is 6.07 Å². The Morgan fingerprint density at radius 2 is 1.88 bits per heavy atom. The second kappa shape index (κ2) is 6.07. The van der Waals surface area contributed by atoms with E-state index in [9.17, 15) is 19.2 Å². The quantitative estimate of drug-likeness (QED) is 0.765. The summed E-state index contributed by atoms with van der Waals surface area (Å²) in [5, 5.41) is 5.44. The summed E-state index contributed by atoms with van der Waals surface area (Å²) in [6.45, 7) is 1.98. The molecule has 0 bridgehead atoms. The maximum absolute atomic E-state index is 12.9. The third kappa shape index (κ3) is 2.64. The van der Waals surface area contributed by atoms with Gasteiger partial charge in [0.15, 0.2) is 0 Å². The SMILES string of the molecule is O=C1CCC(N2C(=O)c3cccc(CCC4CNC4)c3C2=O)C(=O)N1. The lowest BCUT2D eigenvalue weighted by Crippen LogP contribution is -2.54. The van der Waals surface area contributed by atoms with Crippen molar-refractivity contribution in [3.8, 4) is 0 Å². The average Bonchev–Trinajstić information content (AvgIpc) is 2.79. The fourth-order valence-electron chi connectivity index (χ4n) is 3.71. The van der Waals surface area contributed by atoms with Gasteiger partial charge in [0, 0.05) is 6.42 Å². The second-order valence-electron chi connectivity index (χ2n) is 6.85. The van der Waals surface area contributed by atoms with Crippen molar-refractivity contribution in [2.45, 2.75) is 31.7 Å². The molecule has 0 radical (unpaired) electrons. The lowest BCUT2D eigenvalue weighted by Gasteiger charge is -2.28. The van der Waals surface area contributed by atoms with Crippen molar-refractivity contribution >= 4 is 23.6 Å². The minimum Gasteiger partial charge on any atom is -0.316 e. The molecule has 7 heteroatoms. The van der Waals surface area contributed by atoms with Gasteiger partial charge in [0.2, 0.25) is 11.8 Å². The highest BCUT2D eigenvalue weighted by Crippen LogP contribution is 2.31. The molecule has 3 heterocycles. The van der Waals surface area contributed by atoms with Crippen molar-refractivity contribution in [2.24, 2.45) is 5.92 Å². The fourth-order valence-corrected chi connectivity index (χ4v) is 3.71. The number of imide groups is 2. The molecule has 0 aliphatic carbocycles. The summed E-state index contributed by atoms with van der Waals surface area (Å²) in [4.78, 5) is 50.1. The van der Waals surface area contributed by atoms with E-state index in [2.05, 4.69) is 10.6 Å². The van der Waals surface area contributed by atoms with Crippen molar-refractivity contribution in [1.29, 1.82) is 0 Å². The Bertz CT molecular complexity index is 785. The van der Waals surface area contributed by atoms with Gasteiger partial charge in [-0.3, -0.25) is 29.4 Å². The maximum Gasteiger partial charge on any atom is 0.262 e. The zero-order valence-electron chi connectivity index (χ0n) is 13.7. The van der Waals surface area contributed by atoms with Crippen LogP contribution in [0.15, 0.2) is 18.2 Å². The van der Waals surface area contributed by atoms with Crippen LogP contribution in [0.1, 0.15) is 45.5 Å². The van der Waals surface area contributed by atoms with Crippen LogP contribution in [0, 0.1) is 5.92 Å². The average molecular weight is 341 g/mol.